The first-order chi connectivity index (χ1) is 14.9. The summed E-state index contributed by atoms with van der Waals surface area (Å²) in [6, 6.07) is 29.3. The third-order valence-electron chi connectivity index (χ3n) is 7.12. The minimum atomic E-state index is 1.29. The van der Waals surface area contributed by atoms with Crippen molar-refractivity contribution in [2.45, 2.75) is 0 Å². The summed E-state index contributed by atoms with van der Waals surface area (Å²) >= 11 is 0. The maximum absolute atomic E-state index is 2.36. The van der Waals surface area contributed by atoms with E-state index in [0.29, 0.717) is 0 Å². The number of hydrogen-bond donors (Lipinski definition) is 0. The summed E-state index contributed by atoms with van der Waals surface area (Å²) in [7, 11) is 0. The van der Waals surface area contributed by atoms with E-state index < -0.39 is 0 Å². The van der Waals surface area contributed by atoms with Crippen LogP contribution in [0.4, 0.5) is 0 Å². The van der Waals surface area contributed by atoms with Crippen LogP contribution in [0.2, 0.25) is 0 Å². The van der Waals surface area contributed by atoms with Crippen molar-refractivity contribution in [3.8, 4) is 0 Å². The van der Waals surface area contributed by atoms with Crippen LogP contribution in [0, 0.1) is 0 Å². The third kappa shape index (κ3) is 1.62. The van der Waals surface area contributed by atoms with Crippen LogP contribution in [0.15, 0.2) is 78.9 Å². The zero-order chi connectivity index (χ0) is 19.4. The van der Waals surface area contributed by atoms with Crippen LogP contribution >= 0.6 is 0 Å². The summed E-state index contributed by atoms with van der Waals surface area (Å²) in [5.41, 5.74) is 8.00. The average Bonchev–Trinajstić information content (AvgIpc) is 3.40. The molecule has 0 aliphatic heterocycles. The van der Waals surface area contributed by atoms with E-state index in [2.05, 4.69) is 97.1 Å². The van der Waals surface area contributed by atoms with E-state index in [9.17, 15) is 0 Å². The highest BCUT2D eigenvalue weighted by molar-refractivity contribution is 6.37. The van der Waals surface area contributed by atoms with Crippen molar-refractivity contribution in [3.05, 3.63) is 107 Å². The molecule has 0 saturated heterocycles. The monoisotopic (exact) mass is 376 g/mol. The lowest BCUT2D eigenvalue weighted by Crippen LogP contribution is -1.91. The van der Waals surface area contributed by atoms with Gasteiger partial charge >= 0.3 is 0 Å². The Bertz CT molecular complexity index is 1700. The number of rotatable bonds is 1. The Morgan fingerprint density at radius 3 is 1.63 bits per heavy atom. The Hall–Kier alpha value is -3.90. The van der Waals surface area contributed by atoms with E-state index in [0.717, 1.165) is 0 Å². The van der Waals surface area contributed by atoms with Gasteiger partial charge in [0.2, 0.25) is 0 Å². The second-order valence-electron chi connectivity index (χ2n) is 8.53. The van der Waals surface area contributed by atoms with Gasteiger partial charge in [-0.2, -0.15) is 0 Å². The summed E-state index contributed by atoms with van der Waals surface area (Å²) < 4.78 is 0. The highest BCUT2D eigenvalue weighted by Crippen LogP contribution is 2.49. The molecule has 0 bridgehead atoms. The molecule has 0 fully saturated rings. The maximum Gasteiger partial charge on any atom is -0.00141 e. The molecule has 2 aliphatic rings. The van der Waals surface area contributed by atoms with Crippen LogP contribution in [-0.4, -0.2) is 0 Å². The predicted molar refractivity (Wildman–Crippen MR) is 130 cm³/mol. The topological polar surface area (TPSA) is 0 Å². The van der Waals surface area contributed by atoms with Crippen molar-refractivity contribution < 1.29 is 0 Å². The summed E-state index contributed by atoms with van der Waals surface area (Å²) in [6.45, 7) is 0. The molecule has 0 unspecified atom stereocenters. The van der Waals surface area contributed by atoms with Crippen LogP contribution in [0.1, 0.15) is 27.8 Å². The van der Waals surface area contributed by atoms with Gasteiger partial charge in [0.1, 0.15) is 0 Å². The number of hydrogen-bond acceptors (Lipinski definition) is 0. The smallest absolute Gasteiger partial charge is 0.00141 e. The molecule has 8 rings (SSSR count). The van der Waals surface area contributed by atoms with E-state index in [4.69, 9.17) is 0 Å². The van der Waals surface area contributed by atoms with Gasteiger partial charge in [0.25, 0.3) is 0 Å². The van der Waals surface area contributed by atoms with Gasteiger partial charge in [-0.25, -0.2) is 0 Å². The Morgan fingerprint density at radius 1 is 0.400 bits per heavy atom. The fraction of sp³-hybridized carbons (Fsp3) is 0. The van der Waals surface area contributed by atoms with Gasteiger partial charge in [0.05, 0.1) is 0 Å². The molecule has 0 atom stereocenters. The van der Waals surface area contributed by atoms with E-state index >= 15 is 0 Å². The van der Waals surface area contributed by atoms with Crippen molar-refractivity contribution in [1.29, 1.82) is 0 Å². The lowest BCUT2D eigenvalue weighted by molar-refractivity contribution is 1.61. The Morgan fingerprint density at radius 2 is 0.967 bits per heavy atom. The molecule has 0 saturated carbocycles. The summed E-state index contributed by atoms with van der Waals surface area (Å²) in [4.78, 5) is 0. The molecule has 136 valence electrons. The first kappa shape index (κ1) is 15.0. The molecule has 0 spiro atoms. The summed E-state index contributed by atoms with van der Waals surface area (Å²) in [6.07, 6.45) is 6.86. The average molecular weight is 376 g/mol. The lowest BCUT2D eigenvalue weighted by atomic mass is 9.86. The van der Waals surface area contributed by atoms with Crippen molar-refractivity contribution in [1.82, 2.24) is 0 Å². The second-order valence-corrected chi connectivity index (χ2v) is 8.53. The van der Waals surface area contributed by atoms with Gasteiger partial charge < -0.3 is 0 Å². The standard InChI is InChI=1S/C30H16/c1-2-4-17(5-3-1)26-16-20-10-13-23-21-11-8-18-6-7-19-9-12-22(29(21)27(18)19)24-14-15-25(26)28(20)30(23)24/h1-16H. The van der Waals surface area contributed by atoms with Crippen LogP contribution in [0.25, 0.3) is 66.9 Å². The van der Waals surface area contributed by atoms with Crippen molar-refractivity contribution in [2.75, 3.05) is 0 Å². The summed E-state index contributed by atoms with van der Waals surface area (Å²) in [5, 5.41) is 11.1. The fourth-order valence-corrected chi connectivity index (χ4v) is 5.86. The van der Waals surface area contributed by atoms with Gasteiger partial charge in [-0.3, -0.25) is 0 Å². The molecule has 0 heterocycles. The van der Waals surface area contributed by atoms with Gasteiger partial charge in [-0.15, -0.1) is 0 Å². The Balaban J connectivity index is 1.59. The molecular weight excluding hydrogens is 360 g/mol. The lowest BCUT2D eigenvalue weighted by Gasteiger charge is -2.17. The van der Waals surface area contributed by atoms with E-state index in [-0.39, 0.29) is 0 Å². The van der Waals surface area contributed by atoms with Gasteiger partial charge in [-0.05, 0) is 82.6 Å². The Labute approximate surface area is 173 Å². The highest BCUT2D eigenvalue weighted by atomic mass is 14.3. The third-order valence-corrected chi connectivity index (χ3v) is 7.12. The molecule has 0 aromatic heterocycles. The van der Waals surface area contributed by atoms with Gasteiger partial charge in [0.15, 0.2) is 0 Å². The largest absolute Gasteiger partial charge is 0.0622 e. The molecule has 0 amide bonds. The highest BCUT2D eigenvalue weighted by Gasteiger charge is 2.23. The molecule has 0 heteroatoms. The van der Waals surface area contributed by atoms with E-state index in [1.165, 1.54) is 76.5 Å². The first-order valence-corrected chi connectivity index (χ1v) is 10.5. The quantitative estimate of drug-likeness (QED) is 0.200. The molecule has 6 aromatic carbocycles. The van der Waals surface area contributed by atoms with E-state index in [1.54, 1.807) is 0 Å². The van der Waals surface area contributed by atoms with Gasteiger partial charge in [0, 0.05) is 0 Å². The van der Waals surface area contributed by atoms with Crippen molar-refractivity contribution in [3.63, 3.8) is 0 Å². The first-order valence-electron chi connectivity index (χ1n) is 10.5. The Kier molecular flexibility index (Phi) is 2.49. The van der Waals surface area contributed by atoms with Crippen LogP contribution in [0.5, 0.6) is 0 Å². The van der Waals surface area contributed by atoms with Crippen LogP contribution in [0.3, 0.4) is 0 Å². The second kappa shape index (κ2) is 4.98. The molecular formula is C30H16. The van der Waals surface area contributed by atoms with Crippen LogP contribution in [-0.2, 0) is 0 Å². The molecule has 30 heavy (non-hydrogen) atoms. The normalized spacial score (nSPS) is 14.1. The minimum Gasteiger partial charge on any atom is -0.0622 e. The van der Waals surface area contributed by atoms with Crippen molar-refractivity contribution >= 4 is 66.9 Å². The molecule has 2 aliphatic carbocycles. The van der Waals surface area contributed by atoms with Gasteiger partial charge in [-0.1, -0.05) is 91.0 Å². The number of benzene rings is 6. The number of fused-ring (bicyclic) bond motifs is 2. The summed E-state index contributed by atoms with van der Waals surface area (Å²) in [5.74, 6) is 0. The fourth-order valence-electron chi connectivity index (χ4n) is 5.86. The van der Waals surface area contributed by atoms with Crippen molar-refractivity contribution in [2.24, 2.45) is 0 Å². The molecule has 0 radical (unpaired) electrons. The minimum absolute atomic E-state index is 1.29. The molecule has 0 N–H and O–H groups in total. The molecule has 6 aromatic rings. The maximum atomic E-state index is 2.36. The SMILES string of the molecule is C1=Cc2ccc3c4ccc5c6c(ccc(c7ccc1c2c73)c64)C=C5c1ccccc1. The molecule has 0 nitrogen and oxygen atoms in total. The van der Waals surface area contributed by atoms with Crippen LogP contribution < -0.4 is 0 Å². The zero-order valence-electron chi connectivity index (χ0n) is 16.2. The predicted octanol–water partition coefficient (Wildman–Crippen LogP) is 8.12. The zero-order valence-corrected chi connectivity index (χ0v) is 16.2. The van der Waals surface area contributed by atoms with E-state index in [1.807, 2.05) is 0 Å².